The molecule has 0 bridgehead atoms. The number of aliphatic hydroxyl groups is 2. The second-order valence-corrected chi connectivity index (χ2v) is 20.4. The molecule has 0 saturated carbocycles. The average Bonchev–Trinajstić information content (AvgIpc) is 3.76. The Balaban J connectivity index is 2.36. The fraction of sp³-hybridized carbons (Fsp3) is 0.784. The summed E-state index contributed by atoms with van der Waals surface area (Å²) in [5.41, 5.74) is 4.47. The molecule has 0 amide bonds. The maximum absolute atomic E-state index is 13.5. The topological polar surface area (TPSA) is 161 Å². The predicted molar refractivity (Wildman–Crippen MR) is 190 cm³/mol. The summed E-state index contributed by atoms with van der Waals surface area (Å²) < 4.78 is 23.2. The van der Waals surface area contributed by atoms with E-state index < -0.39 is 48.8 Å². The van der Waals surface area contributed by atoms with Gasteiger partial charge in [0.2, 0.25) is 0 Å². The van der Waals surface area contributed by atoms with E-state index in [4.69, 9.17) is 24.7 Å². The smallest absolute Gasteiger partial charge is 0.306 e. The molecule has 276 valence electrons. The lowest BCUT2D eigenvalue weighted by Crippen LogP contribution is -2.49. The molecule has 0 aromatic carbocycles. The molecule has 3 unspecified atom stereocenters. The first-order valence-corrected chi connectivity index (χ1v) is 20.4. The molecule has 0 spiro atoms. The third-order valence-electron chi connectivity index (χ3n) is 10.8. The maximum Gasteiger partial charge on any atom is 0.306 e. The number of cyclic esters (lactones) is 1. The standard InChI is InChI=1S/C37H65NO9Si/c1-13-28(44-10)25(4)32-33(47-32)34(38)37(9,42)19-14-15-23(2)31-24(3)16-17-29(45-26(5)39)36(8,41)20-18-27(21-30(40)46-31)22-35(6,7)48(11,12)43/h14-17,19,24-25,27-29,31-34,41-43H,13,18,20-22,38H2,1-12H3/b17-16+,19-14+,23-15+/t24-,25+,27+,28-,29-,31?,32+,33-,34?,36+,37?/m0/s1. The molecular weight excluding hydrogens is 630 g/mol. The number of epoxide rings is 1. The molecule has 11 heteroatoms. The van der Waals surface area contributed by atoms with E-state index in [0.29, 0.717) is 12.8 Å². The highest BCUT2D eigenvalue weighted by Gasteiger charge is 2.52. The Morgan fingerprint density at radius 1 is 1.23 bits per heavy atom. The van der Waals surface area contributed by atoms with Crippen LogP contribution in [0, 0.1) is 17.8 Å². The molecule has 2 aliphatic heterocycles. The number of hydrogen-bond acceptors (Lipinski definition) is 10. The van der Waals surface area contributed by atoms with Crippen LogP contribution in [0.15, 0.2) is 36.0 Å². The SMILES string of the molecule is CC[C@H](OC)[C@@H](C)[C@H]1O[C@@H]1C(N)C(C)(O)/C=C/C=C(\C)C1OC(=O)C[C@H](CC(C)(C)[Si](C)(C)O)CC[C@@](C)(O)[C@@H](OC(C)=O)/C=C/[C@@H]1C. The lowest BCUT2D eigenvalue weighted by Gasteiger charge is -2.39. The summed E-state index contributed by atoms with van der Waals surface area (Å²) in [6.45, 7) is 20.3. The van der Waals surface area contributed by atoms with E-state index >= 15 is 0 Å². The highest BCUT2D eigenvalue weighted by Crippen LogP contribution is 2.44. The normalized spacial score (nSPS) is 33.4. The molecule has 2 aliphatic rings. The Morgan fingerprint density at radius 3 is 2.40 bits per heavy atom. The van der Waals surface area contributed by atoms with Gasteiger partial charge < -0.3 is 39.7 Å². The van der Waals surface area contributed by atoms with Crippen LogP contribution in [0.2, 0.25) is 18.1 Å². The molecule has 0 radical (unpaired) electrons. The van der Waals surface area contributed by atoms with Crippen LogP contribution in [0.4, 0.5) is 0 Å². The van der Waals surface area contributed by atoms with Gasteiger partial charge in [-0.3, -0.25) is 9.59 Å². The molecule has 1 fully saturated rings. The fourth-order valence-electron chi connectivity index (χ4n) is 6.60. The molecule has 0 aromatic heterocycles. The van der Waals surface area contributed by atoms with E-state index in [0.717, 1.165) is 12.0 Å². The van der Waals surface area contributed by atoms with Crippen LogP contribution < -0.4 is 5.73 Å². The Labute approximate surface area is 290 Å². The highest BCUT2D eigenvalue weighted by molar-refractivity contribution is 6.72. The van der Waals surface area contributed by atoms with Crippen LogP contribution in [0.25, 0.3) is 0 Å². The zero-order chi connectivity index (χ0) is 36.8. The Bertz CT molecular complexity index is 1170. The summed E-state index contributed by atoms with van der Waals surface area (Å²) >= 11 is 0. The van der Waals surface area contributed by atoms with Crippen molar-refractivity contribution in [2.75, 3.05) is 7.11 Å². The predicted octanol–water partition coefficient (Wildman–Crippen LogP) is 5.35. The van der Waals surface area contributed by atoms with Gasteiger partial charge in [0.05, 0.1) is 23.9 Å². The van der Waals surface area contributed by atoms with E-state index in [1.54, 1.807) is 51.3 Å². The van der Waals surface area contributed by atoms with Gasteiger partial charge >= 0.3 is 11.9 Å². The van der Waals surface area contributed by atoms with Crippen LogP contribution in [0.1, 0.15) is 94.4 Å². The van der Waals surface area contributed by atoms with Gasteiger partial charge in [0.15, 0.2) is 8.32 Å². The van der Waals surface area contributed by atoms with Gasteiger partial charge in [0.1, 0.15) is 23.9 Å². The average molecular weight is 696 g/mol. The van der Waals surface area contributed by atoms with E-state index in [9.17, 15) is 24.6 Å². The third kappa shape index (κ3) is 11.6. The van der Waals surface area contributed by atoms with E-state index in [1.807, 2.05) is 40.8 Å². The van der Waals surface area contributed by atoms with Crippen molar-refractivity contribution in [2.45, 2.75) is 160 Å². The van der Waals surface area contributed by atoms with Crippen molar-refractivity contribution in [3.05, 3.63) is 36.0 Å². The van der Waals surface area contributed by atoms with Crippen molar-refractivity contribution in [3.63, 3.8) is 0 Å². The molecule has 2 heterocycles. The monoisotopic (exact) mass is 695 g/mol. The van der Waals surface area contributed by atoms with Gasteiger partial charge in [-0.25, -0.2) is 0 Å². The number of methoxy groups -OCH3 is 1. The third-order valence-corrected chi connectivity index (χ3v) is 14.4. The largest absolute Gasteiger partial charge is 0.457 e. The highest BCUT2D eigenvalue weighted by atomic mass is 28.4. The van der Waals surface area contributed by atoms with Gasteiger partial charge in [-0.1, -0.05) is 58.9 Å². The number of nitrogens with two attached hydrogens (primary N) is 1. The van der Waals surface area contributed by atoms with Crippen molar-refractivity contribution < 1.29 is 43.5 Å². The van der Waals surface area contributed by atoms with Crippen LogP contribution in [-0.4, -0.2) is 90.1 Å². The van der Waals surface area contributed by atoms with Crippen molar-refractivity contribution in [1.29, 1.82) is 0 Å². The first kappa shape index (κ1) is 42.3. The molecular formula is C37H65NO9Si. The number of allylic oxidation sites excluding steroid dienone is 2. The number of carbonyl (C=O) groups excluding carboxylic acids is 2. The molecule has 5 N–H and O–H groups in total. The molecule has 10 nitrogen and oxygen atoms in total. The number of esters is 2. The lowest BCUT2D eigenvalue weighted by molar-refractivity contribution is -0.156. The lowest BCUT2D eigenvalue weighted by atomic mass is 9.83. The number of rotatable bonds is 13. The number of ether oxygens (including phenoxy) is 4. The number of carbonyl (C=O) groups is 2. The van der Waals surface area contributed by atoms with Crippen molar-refractivity contribution in [3.8, 4) is 0 Å². The summed E-state index contributed by atoms with van der Waals surface area (Å²) in [6, 6.07) is -0.663. The van der Waals surface area contributed by atoms with Crippen LogP contribution in [0.3, 0.4) is 0 Å². The van der Waals surface area contributed by atoms with Crippen molar-refractivity contribution in [1.82, 2.24) is 0 Å². The van der Waals surface area contributed by atoms with Crippen LogP contribution in [0.5, 0.6) is 0 Å². The van der Waals surface area contributed by atoms with Crippen molar-refractivity contribution >= 4 is 20.3 Å². The van der Waals surface area contributed by atoms with Crippen LogP contribution in [-0.2, 0) is 28.5 Å². The fourth-order valence-corrected chi connectivity index (χ4v) is 7.39. The minimum absolute atomic E-state index is 0.0449. The Hall–Kier alpha value is -1.86. The summed E-state index contributed by atoms with van der Waals surface area (Å²) in [6.07, 6.45) is 8.98. The molecule has 48 heavy (non-hydrogen) atoms. The second-order valence-electron chi connectivity index (χ2n) is 15.9. The van der Waals surface area contributed by atoms with Crippen LogP contribution >= 0.6 is 0 Å². The van der Waals surface area contributed by atoms with E-state index in [-0.39, 0.29) is 54.9 Å². The van der Waals surface area contributed by atoms with E-state index in [1.165, 1.54) is 6.92 Å². The summed E-state index contributed by atoms with van der Waals surface area (Å²) in [5, 5.41) is 22.4. The minimum Gasteiger partial charge on any atom is -0.457 e. The quantitative estimate of drug-likeness (QED) is 0.0650. The summed E-state index contributed by atoms with van der Waals surface area (Å²) in [7, 11) is -0.902. The zero-order valence-electron chi connectivity index (χ0n) is 31.5. The minimum atomic E-state index is -2.59. The molecule has 0 aromatic rings. The number of hydrogen-bond donors (Lipinski definition) is 4. The second kappa shape index (κ2) is 16.9. The van der Waals surface area contributed by atoms with E-state index in [2.05, 4.69) is 13.8 Å². The first-order valence-electron chi connectivity index (χ1n) is 17.5. The van der Waals surface area contributed by atoms with Gasteiger partial charge in [-0.15, -0.1) is 0 Å². The first-order chi connectivity index (χ1) is 22.0. The Morgan fingerprint density at radius 2 is 1.85 bits per heavy atom. The molecule has 11 atom stereocenters. The summed E-state index contributed by atoms with van der Waals surface area (Å²) in [4.78, 5) is 36.5. The molecule has 0 aliphatic carbocycles. The van der Waals surface area contributed by atoms with Gasteiger partial charge in [-0.2, -0.15) is 0 Å². The van der Waals surface area contributed by atoms with Gasteiger partial charge in [0, 0.05) is 32.3 Å². The molecule has 2 rings (SSSR count). The summed E-state index contributed by atoms with van der Waals surface area (Å²) in [5.74, 6) is -1.26. The van der Waals surface area contributed by atoms with Crippen molar-refractivity contribution in [2.24, 2.45) is 23.5 Å². The molecule has 1 saturated heterocycles. The Kier molecular flexibility index (Phi) is 14.9. The maximum atomic E-state index is 13.5. The van der Waals surface area contributed by atoms with Gasteiger partial charge in [-0.05, 0) is 82.2 Å². The van der Waals surface area contributed by atoms with Gasteiger partial charge in [0.25, 0.3) is 0 Å². The zero-order valence-corrected chi connectivity index (χ0v) is 32.5.